The first-order valence-electron chi connectivity index (χ1n) is 4.57. The van der Waals surface area contributed by atoms with E-state index in [9.17, 15) is 22.8 Å². The van der Waals surface area contributed by atoms with E-state index in [2.05, 4.69) is 0 Å². The van der Waals surface area contributed by atoms with Gasteiger partial charge < -0.3 is 0 Å². The Labute approximate surface area is 100 Å². The van der Waals surface area contributed by atoms with Gasteiger partial charge in [0.1, 0.15) is 6.29 Å². The Morgan fingerprint density at radius 3 is 2.41 bits per heavy atom. The summed E-state index contributed by atoms with van der Waals surface area (Å²) in [7, 11) is 0. The van der Waals surface area contributed by atoms with Gasteiger partial charge in [0.15, 0.2) is 5.78 Å². The Balaban J connectivity index is 3.57. The van der Waals surface area contributed by atoms with Crippen LogP contribution in [0.15, 0.2) is 12.1 Å². The number of benzene rings is 1. The standard InChI is InChI=1S/C11H8ClF3O2/c1-6-2-7(5-16)3-8(11(13,14)15)10(6)9(17)4-12/h2-3,5H,4H2,1H3. The number of ketones is 1. The average molecular weight is 265 g/mol. The number of alkyl halides is 4. The van der Waals surface area contributed by atoms with Crippen LogP contribution < -0.4 is 0 Å². The van der Waals surface area contributed by atoms with Gasteiger partial charge in [-0.05, 0) is 24.6 Å². The molecule has 0 saturated heterocycles. The zero-order chi connectivity index (χ0) is 13.2. The Bertz CT molecular complexity index is 467. The summed E-state index contributed by atoms with van der Waals surface area (Å²) in [5.74, 6) is -1.35. The maximum Gasteiger partial charge on any atom is 0.417 e. The third kappa shape index (κ3) is 2.85. The summed E-state index contributed by atoms with van der Waals surface area (Å²) in [6.07, 6.45) is -4.39. The number of aldehydes is 1. The Kier molecular flexibility index (Phi) is 3.93. The van der Waals surface area contributed by atoms with E-state index in [4.69, 9.17) is 11.6 Å². The molecule has 1 aromatic rings. The third-order valence-electron chi connectivity index (χ3n) is 2.20. The largest absolute Gasteiger partial charge is 0.417 e. The van der Waals surface area contributed by atoms with Gasteiger partial charge in [0.2, 0.25) is 0 Å². The van der Waals surface area contributed by atoms with Gasteiger partial charge in [-0.3, -0.25) is 9.59 Å². The van der Waals surface area contributed by atoms with Gasteiger partial charge in [-0.2, -0.15) is 13.2 Å². The minimum Gasteiger partial charge on any atom is -0.298 e. The highest BCUT2D eigenvalue weighted by Crippen LogP contribution is 2.34. The third-order valence-corrected chi connectivity index (χ3v) is 2.44. The SMILES string of the molecule is Cc1cc(C=O)cc(C(F)(F)F)c1C(=O)CCl. The highest BCUT2D eigenvalue weighted by Gasteiger charge is 2.36. The van der Waals surface area contributed by atoms with E-state index in [0.29, 0.717) is 12.4 Å². The minimum absolute atomic E-state index is 0.0903. The van der Waals surface area contributed by atoms with Crippen LogP contribution in [-0.4, -0.2) is 17.9 Å². The molecule has 0 aromatic heterocycles. The first-order valence-corrected chi connectivity index (χ1v) is 5.11. The van der Waals surface area contributed by atoms with Crippen LogP contribution in [0.4, 0.5) is 13.2 Å². The van der Waals surface area contributed by atoms with Crippen molar-refractivity contribution in [1.82, 2.24) is 0 Å². The van der Waals surface area contributed by atoms with Crippen molar-refractivity contribution in [2.24, 2.45) is 0 Å². The van der Waals surface area contributed by atoms with Gasteiger partial charge in [-0.1, -0.05) is 0 Å². The fourth-order valence-electron chi connectivity index (χ4n) is 1.54. The molecule has 0 atom stereocenters. The number of carbonyl (C=O) groups is 2. The van der Waals surface area contributed by atoms with E-state index in [1.54, 1.807) is 0 Å². The van der Waals surface area contributed by atoms with E-state index >= 15 is 0 Å². The summed E-state index contributed by atoms with van der Waals surface area (Å²) in [4.78, 5) is 21.9. The van der Waals surface area contributed by atoms with Crippen LogP contribution in [0.2, 0.25) is 0 Å². The first-order chi connectivity index (χ1) is 7.81. The molecule has 0 fully saturated rings. The lowest BCUT2D eigenvalue weighted by molar-refractivity contribution is -0.137. The van der Waals surface area contributed by atoms with Gasteiger partial charge in [-0.25, -0.2) is 0 Å². The van der Waals surface area contributed by atoms with Crippen LogP contribution in [0.25, 0.3) is 0 Å². The van der Waals surface area contributed by atoms with Crippen LogP contribution in [-0.2, 0) is 6.18 Å². The average Bonchev–Trinajstić information content (AvgIpc) is 2.25. The molecule has 0 aliphatic heterocycles. The molecule has 2 nitrogen and oxygen atoms in total. The number of hydrogen-bond donors (Lipinski definition) is 0. The quantitative estimate of drug-likeness (QED) is 0.477. The van der Waals surface area contributed by atoms with Crippen molar-refractivity contribution >= 4 is 23.7 Å². The van der Waals surface area contributed by atoms with Gasteiger partial charge in [-0.15, -0.1) is 11.6 Å². The lowest BCUT2D eigenvalue weighted by Crippen LogP contribution is -2.16. The fraction of sp³-hybridized carbons (Fsp3) is 0.273. The number of Topliss-reactive ketones (excluding diaryl/α,β-unsaturated/α-hetero) is 1. The van der Waals surface area contributed by atoms with Crippen LogP contribution in [0.3, 0.4) is 0 Å². The molecule has 0 unspecified atom stereocenters. The summed E-state index contributed by atoms with van der Waals surface area (Å²) in [6, 6.07) is 1.88. The van der Waals surface area contributed by atoms with E-state index in [0.717, 1.165) is 0 Å². The zero-order valence-electron chi connectivity index (χ0n) is 8.77. The topological polar surface area (TPSA) is 34.1 Å². The molecule has 1 aromatic carbocycles. The molecule has 17 heavy (non-hydrogen) atoms. The van der Waals surface area contributed by atoms with E-state index in [-0.39, 0.29) is 11.1 Å². The Morgan fingerprint density at radius 2 is 2.00 bits per heavy atom. The summed E-state index contributed by atoms with van der Waals surface area (Å²) >= 11 is 5.27. The zero-order valence-corrected chi connectivity index (χ0v) is 9.52. The summed E-state index contributed by atoms with van der Waals surface area (Å²) < 4.78 is 38.2. The summed E-state index contributed by atoms with van der Waals surface area (Å²) in [6.45, 7) is 1.34. The Hall–Kier alpha value is -1.36. The molecule has 0 amide bonds. The van der Waals surface area contributed by atoms with Crippen LogP contribution in [0.5, 0.6) is 0 Å². The molecular formula is C11H8ClF3O2. The molecule has 6 heteroatoms. The van der Waals surface area contributed by atoms with Gasteiger partial charge >= 0.3 is 6.18 Å². The number of carbonyl (C=O) groups excluding carboxylic acids is 2. The maximum atomic E-state index is 12.7. The monoisotopic (exact) mass is 264 g/mol. The first kappa shape index (κ1) is 13.7. The molecule has 0 aliphatic rings. The number of aryl methyl sites for hydroxylation is 1. The lowest BCUT2D eigenvalue weighted by Gasteiger charge is -2.14. The van der Waals surface area contributed by atoms with E-state index in [1.165, 1.54) is 13.0 Å². The van der Waals surface area contributed by atoms with Crippen molar-refractivity contribution in [2.75, 3.05) is 5.88 Å². The molecule has 1 rings (SSSR count). The number of hydrogen-bond acceptors (Lipinski definition) is 2. The second kappa shape index (κ2) is 4.87. The lowest BCUT2D eigenvalue weighted by atomic mass is 9.96. The maximum absolute atomic E-state index is 12.7. The molecule has 0 radical (unpaired) electrons. The molecular weight excluding hydrogens is 257 g/mol. The minimum atomic E-state index is -4.69. The number of halogens is 4. The predicted molar refractivity (Wildman–Crippen MR) is 56.6 cm³/mol. The molecule has 0 heterocycles. The van der Waals surface area contributed by atoms with Crippen molar-refractivity contribution < 1.29 is 22.8 Å². The van der Waals surface area contributed by atoms with Gasteiger partial charge in [0.05, 0.1) is 11.4 Å². The van der Waals surface area contributed by atoms with Crippen LogP contribution >= 0.6 is 11.6 Å². The molecule has 0 saturated carbocycles. The van der Waals surface area contributed by atoms with Gasteiger partial charge in [0.25, 0.3) is 0 Å². The van der Waals surface area contributed by atoms with E-state index < -0.39 is 29.0 Å². The smallest absolute Gasteiger partial charge is 0.298 e. The highest BCUT2D eigenvalue weighted by molar-refractivity contribution is 6.30. The van der Waals surface area contributed by atoms with Crippen molar-refractivity contribution in [3.05, 3.63) is 34.4 Å². The number of rotatable bonds is 3. The summed E-state index contributed by atoms with van der Waals surface area (Å²) in [5.41, 5.74) is -1.63. The van der Waals surface area contributed by atoms with Crippen molar-refractivity contribution in [1.29, 1.82) is 0 Å². The predicted octanol–water partition coefficient (Wildman–Crippen LogP) is 3.25. The molecule has 0 bridgehead atoms. The second-order valence-electron chi connectivity index (χ2n) is 3.43. The second-order valence-corrected chi connectivity index (χ2v) is 3.70. The van der Waals surface area contributed by atoms with Crippen molar-refractivity contribution in [3.8, 4) is 0 Å². The normalized spacial score (nSPS) is 11.4. The molecule has 0 spiro atoms. The van der Waals surface area contributed by atoms with Crippen LogP contribution in [0.1, 0.15) is 31.8 Å². The Morgan fingerprint density at radius 1 is 1.41 bits per heavy atom. The fourth-order valence-corrected chi connectivity index (χ4v) is 1.68. The molecule has 0 N–H and O–H groups in total. The van der Waals surface area contributed by atoms with Crippen molar-refractivity contribution in [3.63, 3.8) is 0 Å². The van der Waals surface area contributed by atoms with Crippen LogP contribution in [0, 0.1) is 6.92 Å². The molecule has 0 aliphatic carbocycles. The van der Waals surface area contributed by atoms with E-state index in [1.807, 2.05) is 0 Å². The van der Waals surface area contributed by atoms with Crippen molar-refractivity contribution in [2.45, 2.75) is 13.1 Å². The molecule has 92 valence electrons. The summed E-state index contributed by atoms with van der Waals surface area (Å²) in [5, 5.41) is 0. The highest BCUT2D eigenvalue weighted by atomic mass is 35.5. The van der Waals surface area contributed by atoms with Gasteiger partial charge in [0, 0.05) is 11.1 Å².